The van der Waals surface area contributed by atoms with Gasteiger partial charge in [0, 0.05) is 18.1 Å². The Hall–Kier alpha value is -2.63. The molecule has 3 rings (SSSR count). The summed E-state index contributed by atoms with van der Waals surface area (Å²) >= 11 is 0. The van der Waals surface area contributed by atoms with Crippen molar-refractivity contribution in [2.24, 2.45) is 0 Å². The fourth-order valence-corrected chi connectivity index (χ4v) is 2.03. The first-order valence-corrected chi connectivity index (χ1v) is 5.43. The molecule has 90 valence electrons. The summed E-state index contributed by atoms with van der Waals surface area (Å²) in [5.41, 5.74) is 1.45. The number of H-pyrrole nitrogens is 1. The van der Waals surface area contributed by atoms with Crippen LogP contribution in [0.5, 0.6) is 0 Å². The van der Waals surface area contributed by atoms with E-state index in [0.29, 0.717) is 22.5 Å². The monoisotopic (exact) mass is 242 g/mol. The van der Waals surface area contributed by atoms with E-state index < -0.39 is 0 Å². The third-order valence-corrected chi connectivity index (χ3v) is 2.87. The molecule has 6 heteroatoms. The van der Waals surface area contributed by atoms with Crippen molar-refractivity contribution in [1.82, 2.24) is 15.5 Å². The minimum atomic E-state index is -0.241. The van der Waals surface area contributed by atoms with Crippen molar-refractivity contribution in [3.05, 3.63) is 39.9 Å². The number of amides is 1. The summed E-state index contributed by atoms with van der Waals surface area (Å²) in [5, 5.41) is 13.2. The van der Waals surface area contributed by atoms with Crippen molar-refractivity contribution in [2.75, 3.05) is 12.4 Å². The van der Waals surface area contributed by atoms with Gasteiger partial charge in [-0.05, 0) is 18.2 Å². The zero-order valence-corrected chi connectivity index (χ0v) is 9.57. The van der Waals surface area contributed by atoms with Gasteiger partial charge in [-0.2, -0.15) is 5.10 Å². The van der Waals surface area contributed by atoms with Crippen LogP contribution in [0.3, 0.4) is 0 Å². The predicted octanol–water partition coefficient (Wildman–Crippen LogP) is 0.435. The van der Waals surface area contributed by atoms with Crippen LogP contribution in [0, 0.1) is 0 Å². The van der Waals surface area contributed by atoms with Crippen molar-refractivity contribution in [1.29, 1.82) is 0 Å². The van der Waals surface area contributed by atoms with Crippen LogP contribution in [0.25, 0.3) is 16.8 Å². The number of carbonyl (C=O) groups is 1. The molecule has 1 aliphatic rings. The number of rotatable bonds is 1. The van der Waals surface area contributed by atoms with E-state index in [2.05, 4.69) is 20.8 Å². The molecule has 1 aromatic heterocycles. The van der Waals surface area contributed by atoms with Crippen LogP contribution in [0.15, 0.2) is 28.7 Å². The normalized spacial score (nSPS) is 12.8. The van der Waals surface area contributed by atoms with E-state index >= 15 is 0 Å². The Morgan fingerprint density at radius 1 is 1.39 bits per heavy atom. The van der Waals surface area contributed by atoms with Gasteiger partial charge in [0.2, 0.25) is 0 Å². The molecule has 6 nitrogen and oxygen atoms in total. The molecule has 0 aliphatic carbocycles. The van der Waals surface area contributed by atoms with Crippen molar-refractivity contribution >= 4 is 28.4 Å². The van der Waals surface area contributed by atoms with E-state index in [-0.39, 0.29) is 11.5 Å². The third-order valence-electron chi connectivity index (χ3n) is 2.87. The molecule has 0 saturated heterocycles. The van der Waals surface area contributed by atoms with Gasteiger partial charge in [0.1, 0.15) is 5.70 Å². The molecule has 1 aliphatic heterocycles. The van der Waals surface area contributed by atoms with Gasteiger partial charge in [0.15, 0.2) is 0 Å². The van der Waals surface area contributed by atoms with E-state index in [1.165, 1.54) is 0 Å². The van der Waals surface area contributed by atoms with Gasteiger partial charge < -0.3 is 10.6 Å². The molecule has 2 aromatic rings. The highest BCUT2D eigenvalue weighted by Crippen LogP contribution is 2.29. The molecular formula is C12H10N4O2. The lowest BCUT2D eigenvalue weighted by atomic mass is 10.0. The van der Waals surface area contributed by atoms with E-state index in [1.807, 2.05) is 6.07 Å². The van der Waals surface area contributed by atoms with Gasteiger partial charge in [-0.15, -0.1) is 0 Å². The number of aromatic nitrogens is 2. The Bertz CT molecular complexity index is 745. The lowest BCUT2D eigenvalue weighted by Crippen LogP contribution is -2.26. The maximum absolute atomic E-state index is 11.6. The molecule has 0 saturated carbocycles. The standard InChI is InChI=1S/C12H10N4O2/c1-13-12(18)9-5-8-10-6(11(17)16-15-8)3-2-4-7(10)14-9/h2-5,14H,1H3,(H,13,18)(H,16,17). The first-order chi connectivity index (χ1) is 8.70. The molecule has 2 heterocycles. The minimum absolute atomic E-state index is 0.231. The first kappa shape index (κ1) is 10.5. The Labute approximate surface area is 102 Å². The van der Waals surface area contributed by atoms with Crippen LogP contribution >= 0.6 is 0 Å². The molecule has 0 spiro atoms. The van der Waals surface area contributed by atoms with Crippen molar-refractivity contribution < 1.29 is 4.79 Å². The number of anilines is 1. The largest absolute Gasteiger partial charge is 0.354 e. The maximum atomic E-state index is 11.6. The van der Waals surface area contributed by atoms with Crippen LogP contribution in [-0.4, -0.2) is 23.2 Å². The fourth-order valence-electron chi connectivity index (χ4n) is 2.03. The SMILES string of the molecule is CNC(=O)C1=Cc2n[nH]c(=O)c3cccc(c23)N1. The second kappa shape index (κ2) is 3.69. The quantitative estimate of drug-likeness (QED) is 0.677. The highest BCUT2D eigenvalue weighted by molar-refractivity contribution is 6.09. The van der Waals surface area contributed by atoms with Gasteiger partial charge >= 0.3 is 0 Å². The predicted molar refractivity (Wildman–Crippen MR) is 68.0 cm³/mol. The van der Waals surface area contributed by atoms with Crippen molar-refractivity contribution in [3.63, 3.8) is 0 Å². The lowest BCUT2D eigenvalue weighted by molar-refractivity contribution is -0.116. The maximum Gasteiger partial charge on any atom is 0.272 e. The number of aromatic amines is 1. The Morgan fingerprint density at radius 3 is 3.00 bits per heavy atom. The number of carbonyl (C=O) groups excluding carboxylic acids is 1. The molecule has 0 unspecified atom stereocenters. The zero-order valence-electron chi connectivity index (χ0n) is 9.57. The average molecular weight is 242 g/mol. The van der Waals surface area contributed by atoms with E-state index in [4.69, 9.17) is 0 Å². The van der Waals surface area contributed by atoms with Crippen LogP contribution in [0.1, 0.15) is 5.69 Å². The summed E-state index contributed by atoms with van der Waals surface area (Å²) in [7, 11) is 1.56. The molecule has 1 aromatic carbocycles. The highest BCUT2D eigenvalue weighted by atomic mass is 16.2. The molecule has 0 radical (unpaired) electrons. The minimum Gasteiger partial charge on any atom is -0.354 e. The Kier molecular flexibility index (Phi) is 2.16. The van der Waals surface area contributed by atoms with E-state index in [0.717, 1.165) is 5.39 Å². The second-order valence-corrected chi connectivity index (χ2v) is 3.93. The molecule has 3 N–H and O–H groups in total. The molecular weight excluding hydrogens is 232 g/mol. The number of likely N-dealkylation sites (N-methyl/N-ethyl adjacent to an activating group) is 1. The molecule has 1 amide bonds. The van der Waals surface area contributed by atoms with Crippen molar-refractivity contribution in [3.8, 4) is 0 Å². The molecule has 0 bridgehead atoms. The summed E-state index contributed by atoms with van der Waals surface area (Å²) in [6.45, 7) is 0. The fraction of sp³-hybridized carbons (Fsp3) is 0.0833. The lowest BCUT2D eigenvalue weighted by Gasteiger charge is -2.17. The Balaban J connectivity index is 2.32. The number of hydrogen-bond donors (Lipinski definition) is 3. The number of nitrogens with one attached hydrogen (secondary N) is 3. The number of benzene rings is 1. The summed E-state index contributed by atoms with van der Waals surface area (Å²) in [5.74, 6) is -0.231. The van der Waals surface area contributed by atoms with Gasteiger partial charge in [0.25, 0.3) is 11.5 Å². The Morgan fingerprint density at radius 2 is 2.22 bits per heavy atom. The van der Waals surface area contributed by atoms with Gasteiger partial charge in [-0.3, -0.25) is 9.59 Å². The summed E-state index contributed by atoms with van der Waals surface area (Å²) in [6.07, 6.45) is 1.62. The summed E-state index contributed by atoms with van der Waals surface area (Å²) in [6, 6.07) is 5.29. The number of hydrogen-bond acceptors (Lipinski definition) is 4. The topological polar surface area (TPSA) is 86.9 Å². The molecule has 18 heavy (non-hydrogen) atoms. The third kappa shape index (κ3) is 1.39. The van der Waals surface area contributed by atoms with Crippen LogP contribution in [-0.2, 0) is 4.79 Å². The van der Waals surface area contributed by atoms with E-state index in [9.17, 15) is 9.59 Å². The number of nitrogens with zero attached hydrogens (tertiary/aromatic N) is 1. The van der Waals surface area contributed by atoms with Crippen LogP contribution in [0.2, 0.25) is 0 Å². The van der Waals surface area contributed by atoms with Crippen LogP contribution < -0.4 is 16.2 Å². The van der Waals surface area contributed by atoms with Crippen molar-refractivity contribution in [2.45, 2.75) is 0 Å². The smallest absolute Gasteiger partial charge is 0.272 e. The molecule has 0 atom stereocenters. The summed E-state index contributed by atoms with van der Waals surface area (Å²) < 4.78 is 0. The second-order valence-electron chi connectivity index (χ2n) is 3.93. The van der Waals surface area contributed by atoms with Gasteiger partial charge in [-0.1, -0.05) is 6.07 Å². The molecule has 0 fully saturated rings. The zero-order chi connectivity index (χ0) is 12.7. The van der Waals surface area contributed by atoms with Gasteiger partial charge in [-0.25, -0.2) is 5.10 Å². The first-order valence-electron chi connectivity index (χ1n) is 5.43. The van der Waals surface area contributed by atoms with Crippen LogP contribution in [0.4, 0.5) is 5.69 Å². The highest BCUT2D eigenvalue weighted by Gasteiger charge is 2.18. The van der Waals surface area contributed by atoms with E-state index in [1.54, 1.807) is 25.3 Å². The van der Waals surface area contributed by atoms with Gasteiger partial charge in [0.05, 0.1) is 11.1 Å². The summed E-state index contributed by atoms with van der Waals surface area (Å²) in [4.78, 5) is 23.3. The average Bonchev–Trinajstić information content (AvgIpc) is 2.41.